The van der Waals surface area contributed by atoms with E-state index in [2.05, 4.69) is 12.2 Å². The minimum absolute atomic E-state index is 0. The Balaban J connectivity index is 0.00000242. The minimum Gasteiger partial charge on any atom is -0.383 e. The maximum atomic E-state index is 13.4. The van der Waals surface area contributed by atoms with Crippen LogP contribution in [0.1, 0.15) is 24.9 Å². The molecule has 0 spiro atoms. The molecule has 1 aromatic carbocycles. The van der Waals surface area contributed by atoms with Gasteiger partial charge in [0.2, 0.25) is 5.91 Å². The first kappa shape index (κ1) is 18.9. The van der Waals surface area contributed by atoms with Crippen LogP contribution in [0.2, 0.25) is 0 Å². The monoisotopic (exact) mass is 330 g/mol. The van der Waals surface area contributed by atoms with Gasteiger partial charge in [0.05, 0.1) is 19.2 Å². The quantitative estimate of drug-likeness (QED) is 0.814. The van der Waals surface area contributed by atoms with Crippen molar-refractivity contribution in [2.45, 2.75) is 19.4 Å². The lowest BCUT2D eigenvalue weighted by atomic mass is 9.95. The van der Waals surface area contributed by atoms with Crippen molar-refractivity contribution in [1.29, 1.82) is 0 Å². The van der Waals surface area contributed by atoms with Crippen LogP contribution in [0.25, 0.3) is 0 Å². The van der Waals surface area contributed by atoms with Crippen molar-refractivity contribution < 1.29 is 13.9 Å². The highest BCUT2D eigenvalue weighted by atomic mass is 35.5. The van der Waals surface area contributed by atoms with E-state index in [0.29, 0.717) is 25.6 Å². The Morgan fingerprint density at radius 1 is 1.50 bits per heavy atom. The summed E-state index contributed by atoms with van der Waals surface area (Å²) in [4.78, 5) is 14.2. The van der Waals surface area contributed by atoms with E-state index in [9.17, 15) is 9.18 Å². The van der Waals surface area contributed by atoms with E-state index >= 15 is 0 Å². The molecule has 6 heteroatoms. The van der Waals surface area contributed by atoms with E-state index in [4.69, 9.17) is 4.74 Å². The van der Waals surface area contributed by atoms with Crippen LogP contribution in [0.15, 0.2) is 24.3 Å². The molecule has 1 aromatic rings. The number of likely N-dealkylation sites (tertiary alicyclic amines) is 1. The number of benzene rings is 1. The number of carbonyl (C=O) groups excluding carboxylic acids is 1. The number of carbonyl (C=O) groups is 1. The molecule has 2 unspecified atom stereocenters. The van der Waals surface area contributed by atoms with Gasteiger partial charge in [-0.25, -0.2) is 4.39 Å². The number of methoxy groups -OCH3 is 1. The molecule has 4 nitrogen and oxygen atoms in total. The molecular formula is C16H24ClFN2O2. The van der Waals surface area contributed by atoms with E-state index in [-0.39, 0.29) is 30.2 Å². The van der Waals surface area contributed by atoms with Crippen molar-refractivity contribution in [3.63, 3.8) is 0 Å². The molecule has 2 atom stereocenters. The largest absolute Gasteiger partial charge is 0.383 e. The number of hydrogen-bond donors (Lipinski definition) is 1. The number of rotatable bonds is 6. The van der Waals surface area contributed by atoms with E-state index < -0.39 is 0 Å². The average molecular weight is 331 g/mol. The van der Waals surface area contributed by atoms with E-state index in [1.54, 1.807) is 13.2 Å². The number of hydrogen-bond acceptors (Lipinski definition) is 3. The molecule has 1 aliphatic rings. The molecule has 0 saturated carbocycles. The summed E-state index contributed by atoms with van der Waals surface area (Å²) >= 11 is 0. The molecule has 1 saturated heterocycles. The Labute approximate surface area is 137 Å². The average Bonchev–Trinajstić information content (AvgIpc) is 2.85. The molecular weight excluding hydrogens is 307 g/mol. The zero-order valence-electron chi connectivity index (χ0n) is 13.0. The van der Waals surface area contributed by atoms with E-state index in [0.717, 1.165) is 18.5 Å². The van der Waals surface area contributed by atoms with Gasteiger partial charge in [-0.3, -0.25) is 4.79 Å². The van der Waals surface area contributed by atoms with Gasteiger partial charge in [-0.05, 0) is 30.0 Å². The first-order chi connectivity index (χ1) is 10.1. The third kappa shape index (κ3) is 4.66. The fraction of sp³-hybridized carbons (Fsp3) is 0.562. The number of nitrogens with one attached hydrogen (secondary N) is 1. The van der Waals surface area contributed by atoms with Crippen LogP contribution in [-0.4, -0.2) is 44.2 Å². The summed E-state index contributed by atoms with van der Waals surface area (Å²) in [5.74, 6) is 0.150. The molecule has 1 aliphatic heterocycles. The maximum absolute atomic E-state index is 13.4. The Hall–Kier alpha value is -1.17. The second-order valence-corrected chi connectivity index (χ2v) is 5.52. The Kier molecular flexibility index (Phi) is 7.79. The van der Waals surface area contributed by atoms with Gasteiger partial charge in [0.1, 0.15) is 5.82 Å². The summed E-state index contributed by atoms with van der Waals surface area (Å²) in [6.07, 6.45) is 0.949. The molecule has 0 aromatic heterocycles. The lowest BCUT2D eigenvalue weighted by Gasteiger charge is -2.27. The molecule has 2 rings (SSSR count). The van der Waals surface area contributed by atoms with Gasteiger partial charge < -0.3 is 15.0 Å². The van der Waals surface area contributed by atoms with Crippen molar-refractivity contribution >= 4 is 18.3 Å². The summed E-state index contributed by atoms with van der Waals surface area (Å²) < 4.78 is 18.4. The molecule has 0 radical (unpaired) electrons. The first-order valence-corrected chi connectivity index (χ1v) is 7.38. The zero-order valence-corrected chi connectivity index (χ0v) is 13.9. The lowest BCUT2D eigenvalue weighted by molar-refractivity contribution is -0.131. The van der Waals surface area contributed by atoms with Gasteiger partial charge in [0.15, 0.2) is 0 Å². The smallest absolute Gasteiger partial charge is 0.237 e. The van der Waals surface area contributed by atoms with Gasteiger partial charge in [-0.2, -0.15) is 0 Å². The number of nitrogens with zero attached hydrogens (tertiary/aromatic N) is 1. The molecule has 1 N–H and O–H groups in total. The topological polar surface area (TPSA) is 41.6 Å². The van der Waals surface area contributed by atoms with Gasteiger partial charge in [-0.15, -0.1) is 12.4 Å². The van der Waals surface area contributed by atoms with Gasteiger partial charge in [0, 0.05) is 20.2 Å². The maximum Gasteiger partial charge on any atom is 0.237 e. The van der Waals surface area contributed by atoms with Gasteiger partial charge in [-0.1, -0.05) is 19.1 Å². The SMILES string of the molecule is COCCNCC(=O)N1CCC(C)C1c1cccc(F)c1.Cl. The molecule has 1 amide bonds. The second kappa shape index (κ2) is 9.08. The second-order valence-electron chi connectivity index (χ2n) is 5.52. The van der Waals surface area contributed by atoms with Crippen molar-refractivity contribution in [3.8, 4) is 0 Å². The van der Waals surface area contributed by atoms with Crippen LogP contribution >= 0.6 is 12.4 Å². The predicted octanol–water partition coefficient (Wildman–Crippen LogP) is 2.39. The highest BCUT2D eigenvalue weighted by molar-refractivity contribution is 5.85. The summed E-state index contributed by atoms with van der Waals surface area (Å²) in [7, 11) is 1.63. The summed E-state index contributed by atoms with van der Waals surface area (Å²) in [5, 5.41) is 3.07. The zero-order chi connectivity index (χ0) is 15.2. The molecule has 22 heavy (non-hydrogen) atoms. The van der Waals surface area contributed by atoms with Crippen LogP contribution in [0, 0.1) is 11.7 Å². The third-order valence-corrected chi connectivity index (χ3v) is 3.97. The van der Waals surface area contributed by atoms with Gasteiger partial charge in [0.25, 0.3) is 0 Å². The van der Waals surface area contributed by atoms with E-state index in [1.807, 2.05) is 11.0 Å². The van der Waals surface area contributed by atoms with Crippen molar-refractivity contribution in [3.05, 3.63) is 35.6 Å². The summed E-state index contributed by atoms with van der Waals surface area (Å²) in [6, 6.07) is 6.54. The Morgan fingerprint density at radius 3 is 2.95 bits per heavy atom. The fourth-order valence-corrected chi connectivity index (χ4v) is 2.90. The van der Waals surface area contributed by atoms with E-state index in [1.165, 1.54) is 12.1 Å². The molecule has 124 valence electrons. The van der Waals surface area contributed by atoms with Crippen molar-refractivity contribution in [2.24, 2.45) is 5.92 Å². The molecule has 1 heterocycles. The summed E-state index contributed by atoms with van der Waals surface area (Å²) in [6.45, 7) is 4.36. The Morgan fingerprint density at radius 2 is 2.27 bits per heavy atom. The molecule has 1 fully saturated rings. The first-order valence-electron chi connectivity index (χ1n) is 7.38. The van der Waals surface area contributed by atoms with Crippen LogP contribution in [0.4, 0.5) is 4.39 Å². The number of halogens is 2. The number of amides is 1. The van der Waals surface area contributed by atoms with Gasteiger partial charge >= 0.3 is 0 Å². The summed E-state index contributed by atoms with van der Waals surface area (Å²) in [5.41, 5.74) is 0.880. The van der Waals surface area contributed by atoms with Crippen LogP contribution in [0.3, 0.4) is 0 Å². The van der Waals surface area contributed by atoms with Crippen LogP contribution in [-0.2, 0) is 9.53 Å². The highest BCUT2D eigenvalue weighted by Crippen LogP contribution is 2.36. The fourth-order valence-electron chi connectivity index (χ4n) is 2.90. The standard InChI is InChI=1S/C16H23FN2O2.ClH/c1-12-6-8-19(15(20)11-18-7-9-21-2)16(12)13-4-3-5-14(17)10-13;/h3-5,10,12,16,18H,6-9,11H2,1-2H3;1H. The molecule has 0 aliphatic carbocycles. The number of ether oxygens (including phenoxy) is 1. The van der Waals surface area contributed by atoms with Crippen LogP contribution in [0.5, 0.6) is 0 Å². The minimum atomic E-state index is -0.253. The Bertz CT molecular complexity index is 487. The normalized spacial score (nSPS) is 20.8. The van der Waals surface area contributed by atoms with Crippen molar-refractivity contribution in [2.75, 3.05) is 33.4 Å². The lowest BCUT2D eigenvalue weighted by Crippen LogP contribution is -2.39. The third-order valence-electron chi connectivity index (χ3n) is 3.97. The predicted molar refractivity (Wildman–Crippen MR) is 86.6 cm³/mol. The highest BCUT2D eigenvalue weighted by Gasteiger charge is 2.35. The molecule has 0 bridgehead atoms. The van der Waals surface area contributed by atoms with Crippen LogP contribution < -0.4 is 5.32 Å². The van der Waals surface area contributed by atoms with Crippen molar-refractivity contribution in [1.82, 2.24) is 10.2 Å².